The molecule has 0 saturated heterocycles. The summed E-state index contributed by atoms with van der Waals surface area (Å²) in [6.07, 6.45) is 13.2. The molecule has 0 spiro atoms. The molecule has 4 rings (SSSR count). The maximum atomic E-state index is 12.9. The van der Waals surface area contributed by atoms with Gasteiger partial charge in [0.1, 0.15) is 42.3 Å². The molecule has 1 atom stereocenters. The minimum atomic E-state index is -1.04. The van der Waals surface area contributed by atoms with E-state index in [9.17, 15) is 15.0 Å². The van der Waals surface area contributed by atoms with E-state index in [4.69, 9.17) is 14.2 Å². The third-order valence-corrected chi connectivity index (χ3v) is 7.95. The zero-order valence-electron chi connectivity index (χ0n) is 27.5. The molecule has 0 fully saturated rings. The Balaban J connectivity index is 1.42. The van der Waals surface area contributed by atoms with E-state index < -0.39 is 6.10 Å². The fourth-order valence-corrected chi connectivity index (χ4v) is 5.25. The standard InChI is InChI=1S/C41H48O6/c1-2-3-4-5-6-7-8-9-16-21-41(44)47-39-29-36(45-30-32-17-12-10-13-18-32)25-22-34(39)23-27-38(43)37-26-24-35(42)28-40(37)46-31-33-19-14-11-15-20-33/h10-15,17-20,22-29,38,42-43H,2-9,16,21,30-31H2,1H3. The van der Waals surface area contributed by atoms with Gasteiger partial charge in [-0.15, -0.1) is 0 Å². The number of unbranched alkanes of at least 4 members (excludes halogenated alkanes) is 8. The second kappa shape index (κ2) is 19.9. The van der Waals surface area contributed by atoms with Gasteiger partial charge in [0.25, 0.3) is 0 Å². The summed E-state index contributed by atoms with van der Waals surface area (Å²) in [6, 6.07) is 29.6. The first-order valence-electron chi connectivity index (χ1n) is 16.9. The number of esters is 1. The van der Waals surface area contributed by atoms with Crippen LogP contribution in [-0.4, -0.2) is 16.2 Å². The molecule has 0 amide bonds. The average molecular weight is 637 g/mol. The lowest BCUT2D eigenvalue weighted by molar-refractivity contribution is -0.134. The first kappa shape index (κ1) is 35.3. The topological polar surface area (TPSA) is 85.2 Å². The number of ether oxygens (including phenoxy) is 3. The van der Waals surface area contributed by atoms with Crippen LogP contribution >= 0.6 is 0 Å². The lowest BCUT2D eigenvalue weighted by atomic mass is 10.1. The maximum Gasteiger partial charge on any atom is 0.311 e. The maximum absolute atomic E-state index is 12.9. The van der Waals surface area contributed by atoms with Gasteiger partial charge in [-0.25, -0.2) is 0 Å². The quantitative estimate of drug-likeness (QED) is 0.0570. The zero-order valence-corrected chi connectivity index (χ0v) is 27.5. The van der Waals surface area contributed by atoms with Gasteiger partial charge in [-0.2, -0.15) is 0 Å². The smallest absolute Gasteiger partial charge is 0.311 e. The minimum absolute atomic E-state index is 0.0419. The first-order valence-corrected chi connectivity index (χ1v) is 16.9. The van der Waals surface area contributed by atoms with E-state index in [-0.39, 0.29) is 18.3 Å². The van der Waals surface area contributed by atoms with Gasteiger partial charge in [0, 0.05) is 29.7 Å². The average Bonchev–Trinajstić information content (AvgIpc) is 3.09. The Bertz CT molecular complexity index is 1520. The number of carbonyl (C=O) groups is 1. The van der Waals surface area contributed by atoms with Crippen LogP contribution in [0.3, 0.4) is 0 Å². The summed E-state index contributed by atoms with van der Waals surface area (Å²) >= 11 is 0. The van der Waals surface area contributed by atoms with Gasteiger partial charge in [-0.05, 0) is 41.8 Å². The summed E-state index contributed by atoms with van der Waals surface area (Å²) < 4.78 is 17.9. The molecule has 47 heavy (non-hydrogen) atoms. The predicted octanol–water partition coefficient (Wildman–Crippen LogP) is 10.1. The molecule has 6 heteroatoms. The number of phenolic OH excluding ortho intramolecular Hbond substituents is 1. The number of aliphatic hydroxyl groups excluding tert-OH is 1. The van der Waals surface area contributed by atoms with Gasteiger partial charge in [0.05, 0.1) is 0 Å². The number of aromatic hydroxyl groups is 1. The van der Waals surface area contributed by atoms with Crippen LogP contribution < -0.4 is 14.2 Å². The van der Waals surface area contributed by atoms with Crippen LogP contribution in [0.15, 0.2) is 103 Å². The van der Waals surface area contributed by atoms with Crippen LogP contribution in [-0.2, 0) is 18.0 Å². The molecule has 4 aromatic carbocycles. The third kappa shape index (κ3) is 12.6. The number of carbonyl (C=O) groups excluding carboxylic acids is 1. The first-order chi connectivity index (χ1) is 23.0. The number of benzene rings is 4. The Morgan fingerprint density at radius 2 is 1.32 bits per heavy atom. The van der Waals surface area contributed by atoms with E-state index in [2.05, 4.69) is 6.92 Å². The highest BCUT2D eigenvalue weighted by atomic mass is 16.5. The molecule has 1 unspecified atom stereocenters. The Morgan fingerprint density at radius 3 is 1.98 bits per heavy atom. The van der Waals surface area contributed by atoms with Crippen LogP contribution in [0.4, 0.5) is 0 Å². The zero-order chi connectivity index (χ0) is 33.1. The molecule has 0 aliphatic heterocycles. The molecule has 6 nitrogen and oxygen atoms in total. The molecule has 0 aliphatic carbocycles. The molecular weight excluding hydrogens is 588 g/mol. The van der Waals surface area contributed by atoms with Crippen LogP contribution in [0.1, 0.15) is 99.5 Å². The molecule has 0 saturated carbocycles. The molecule has 0 bridgehead atoms. The normalized spacial score (nSPS) is 11.8. The SMILES string of the molecule is CCCCCCCCCCCC(=O)Oc1cc(OCc2ccccc2)ccc1C=CC(O)c1ccc(O)cc1OCc1ccccc1. The van der Waals surface area contributed by atoms with Crippen molar-refractivity contribution in [2.24, 2.45) is 0 Å². The van der Waals surface area contributed by atoms with Crippen LogP contribution in [0, 0.1) is 0 Å². The molecule has 4 aromatic rings. The monoisotopic (exact) mass is 636 g/mol. The van der Waals surface area contributed by atoms with E-state index >= 15 is 0 Å². The lowest BCUT2D eigenvalue weighted by Crippen LogP contribution is -2.09. The molecule has 248 valence electrons. The van der Waals surface area contributed by atoms with Crippen molar-refractivity contribution in [2.45, 2.75) is 90.4 Å². The van der Waals surface area contributed by atoms with Crippen molar-refractivity contribution in [2.75, 3.05) is 0 Å². The molecule has 0 aliphatic rings. The van der Waals surface area contributed by atoms with Crippen LogP contribution in [0.5, 0.6) is 23.0 Å². The van der Waals surface area contributed by atoms with Gasteiger partial charge in [-0.1, -0.05) is 131 Å². The van der Waals surface area contributed by atoms with Gasteiger partial charge in [0.2, 0.25) is 0 Å². The molecule has 0 radical (unpaired) electrons. The van der Waals surface area contributed by atoms with E-state index in [1.54, 1.807) is 24.3 Å². The Kier molecular flexibility index (Phi) is 14.9. The fourth-order valence-electron chi connectivity index (χ4n) is 5.25. The fraction of sp³-hybridized carbons (Fsp3) is 0.341. The van der Waals surface area contributed by atoms with Gasteiger partial charge in [-0.3, -0.25) is 4.79 Å². The lowest BCUT2D eigenvalue weighted by Gasteiger charge is -2.15. The Hall–Kier alpha value is -4.55. The highest BCUT2D eigenvalue weighted by molar-refractivity contribution is 5.74. The van der Waals surface area contributed by atoms with Crippen molar-refractivity contribution < 1.29 is 29.2 Å². The third-order valence-electron chi connectivity index (χ3n) is 7.95. The summed E-state index contributed by atoms with van der Waals surface area (Å²) in [5.74, 6) is 1.07. The largest absolute Gasteiger partial charge is 0.508 e. The van der Waals surface area contributed by atoms with Gasteiger partial charge in [0.15, 0.2) is 0 Å². The second-order valence-corrected chi connectivity index (χ2v) is 11.8. The van der Waals surface area contributed by atoms with Gasteiger partial charge >= 0.3 is 5.97 Å². The van der Waals surface area contributed by atoms with Crippen LogP contribution in [0.2, 0.25) is 0 Å². The van der Waals surface area contributed by atoms with E-state index in [0.717, 1.165) is 30.4 Å². The van der Waals surface area contributed by atoms with Crippen molar-refractivity contribution >= 4 is 12.0 Å². The number of phenols is 1. The summed E-state index contributed by atoms with van der Waals surface area (Å²) in [5.41, 5.74) is 3.13. The molecular formula is C41H48O6. The molecule has 2 N–H and O–H groups in total. The number of hydrogen-bond acceptors (Lipinski definition) is 6. The second-order valence-electron chi connectivity index (χ2n) is 11.8. The minimum Gasteiger partial charge on any atom is -0.508 e. The van der Waals surface area contributed by atoms with E-state index in [0.29, 0.717) is 41.4 Å². The summed E-state index contributed by atoms with van der Waals surface area (Å²) in [5, 5.41) is 21.2. The van der Waals surface area contributed by atoms with Crippen molar-refractivity contribution in [3.63, 3.8) is 0 Å². The molecule has 0 heterocycles. The highest BCUT2D eigenvalue weighted by Gasteiger charge is 2.15. The van der Waals surface area contributed by atoms with Crippen molar-refractivity contribution in [3.8, 4) is 23.0 Å². The van der Waals surface area contributed by atoms with Crippen LogP contribution in [0.25, 0.3) is 6.08 Å². The summed E-state index contributed by atoms with van der Waals surface area (Å²) in [7, 11) is 0. The number of hydrogen-bond donors (Lipinski definition) is 2. The Morgan fingerprint density at radius 1 is 0.702 bits per heavy atom. The summed E-state index contributed by atoms with van der Waals surface area (Å²) in [6.45, 7) is 2.90. The number of rotatable bonds is 20. The van der Waals surface area contributed by atoms with Gasteiger partial charge < -0.3 is 24.4 Å². The molecule has 0 aromatic heterocycles. The van der Waals surface area contributed by atoms with E-state index in [1.165, 1.54) is 50.7 Å². The van der Waals surface area contributed by atoms with Crippen molar-refractivity contribution in [1.29, 1.82) is 0 Å². The summed E-state index contributed by atoms with van der Waals surface area (Å²) in [4.78, 5) is 12.9. The van der Waals surface area contributed by atoms with E-state index in [1.807, 2.05) is 72.8 Å². The number of aliphatic hydroxyl groups is 1. The highest BCUT2D eigenvalue weighted by Crippen LogP contribution is 2.33. The van der Waals surface area contributed by atoms with Crippen molar-refractivity contribution in [3.05, 3.63) is 125 Å². The predicted molar refractivity (Wildman–Crippen MR) is 188 cm³/mol. The van der Waals surface area contributed by atoms with Crippen molar-refractivity contribution in [1.82, 2.24) is 0 Å². The Labute approximate surface area is 279 Å².